The molecule has 32 heavy (non-hydrogen) atoms. The number of carbonyl (C=O) groups is 3. The van der Waals surface area contributed by atoms with Gasteiger partial charge in [0.25, 0.3) is 0 Å². The van der Waals surface area contributed by atoms with Crippen LogP contribution in [0.5, 0.6) is 5.75 Å². The molecule has 4 rings (SSSR count). The maximum Gasteiger partial charge on any atom is 0.229 e. The van der Waals surface area contributed by atoms with Crippen molar-refractivity contribution in [1.29, 1.82) is 0 Å². The summed E-state index contributed by atoms with van der Waals surface area (Å²) in [5.41, 5.74) is 0.991. The molecule has 3 fully saturated rings. The minimum atomic E-state index is -0.339. The Morgan fingerprint density at radius 2 is 2.06 bits per heavy atom. The number of nitrogens with zero attached hydrogens (tertiary/aromatic N) is 1. The third kappa shape index (κ3) is 5.48. The summed E-state index contributed by atoms with van der Waals surface area (Å²) in [6.07, 6.45) is 6.80. The smallest absolute Gasteiger partial charge is 0.229 e. The number of piperidine rings is 1. The Labute approximate surface area is 188 Å². The zero-order chi connectivity index (χ0) is 22.7. The van der Waals surface area contributed by atoms with Crippen LogP contribution in [0, 0.1) is 17.7 Å². The second-order valence-electron chi connectivity index (χ2n) is 9.57. The standard InChI is InChI=1S/C25H33FN2O4/c1-16(19-9-11-20(26)22(14-19)32-15-17-7-8-17)21-5-3-13-28(21)24(30)6-2-4-18-10-12-23(29)27-25(18)31/h9,11,14,16-18,21H,2-8,10,12-13,15H2,1H3,(H,27,29,31). The number of ether oxygens (including phenoxy) is 1. The van der Waals surface area contributed by atoms with Crippen LogP contribution in [0.25, 0.3) is 0 Å². The largest absolute Gasteiger partial charge is 0.490 e. The quantitative estimate of drug-likeness (QED) is 0.586. The minimum absolute atomic E-state index is 0.0832. The van der Waals surface area contributed by atoms with Crippen LogP contribution in [0.15, 0.2) is 18.2 Å². The lowest BCUT2D eigenvalue weighted by Gasteiger charge is -2.30. The van der Waals surface area contributed by atoms with Crippen molar-refractivity contribution in [2.45, 2.75) is 76.7 Å². The average molecular weight is 445 g/mol. The molecule has 1 aliphatic carbocycles. The van der Waals surface area contributed by atoms with Crippen molar-refractivity contribution in [1.82, 2.24) is 10.2 Å². The molecule has 1 aromatic carbocycles. The Balaban J connectivity index is 1.32. The summed E-state index contributed by atoms with van der Waals surface area (Å²) >= 11 is 0. The second-order valence-corrected chi connectivity index (χ2v) is 9.57. The van der Waals surface area contributed by atoms with Gasteiger partial charge in [-0.05, 0) is 68.6 Å². The van der Waals surface area contributed by atoms with Gasteiger partial charge in [-0.2, -0.15) is 0 Å². The van der Waals surface area contributed by atoms with Crippen LogP contribution in [0.2, 0.25) is 0 Å². The predicted octanol–water partition coefficient (Wildman–Crippen LogP) is 3.93. The first kappa shape index (κ1) is 22.7. The molecule has 1 saturated carbocycles. The zero-order valence-corrected chi connectivity index (χ0v) is 18.8. The van der Waals surface area contributed by atoms with Crippen LogP contribution >= 0.6 is 0 Å². The van der Waals surface area contributed by atoms with Gasteiger partial charge in [-0.25, -0.2) is 4.39 Å². The number of imide groups is 1. The molecule has 0 aromatic heterocycles. The summed E-state index contributed by atoms with van der Waals surface area (Å²) in [6, 6.07) is 5.15. The first-order valence-electron chi connectivity index (χ1n) is 12.0. The molecule has 3 aliphatic rings. The monoisotopic (exact) mass is 444 g/mol. The highest BCUT2D eigenvalue weighted by atomic mass is 19.1. The summed E-state index contributed by atoms with van der Waals surface area (Å²) in [7, 11) is 0. The fourth-order valence-corrected chi connectivity index (χ4v) is 4.91. The molecule has 7 heteroatoms. The van der Waals surface area contributed by atoms with E-state index in [0.29, 0.717) is 50.4 Å². The zero-order valence-electron chi connectivity index (χ0n) is 18.8. The van der Waals surface area contributed by atoms with E-state index in [1.165, 1.54) is 6.07 Å². The summed E-state index contributed by atoms with van der Waals surface area (Å²) in [5.74, 6) is 0.117. The third-order valence-electron chi connectivity index (χ3n) is 7.15. The number of amides is 3. The highest BCUT2D eigenvalue weighted by Crippen LogP contribution is 2.35. The van der Waals surface area contributed by atoms with Crippen LogP contribution in [0.3, 0.4) is 0 Å². The molecule has 1 N–H and O–H groups in total. The molecule has 2 heterocycles. The van der Waals surface area contributed by atoms with E-state index >= 15 is 0 Å². The van der Waals surface area contributed by atoms with E-state index in [1.54, 1.807) is 12.1 Å². The maximum atomic E-state index is 14.2. The van der Waals surface area contributed by atoms with Crippen molar-refractivity contribution in [3.8, 4) is 5.75 Å². The van der Waals surface area contributed by atoms with Crippen LogP contribution in [0.1, 0.15) is 76.2 Å². The molecular weight excluding hydrogens is 411 g/mol. The molecule has 0 spiro atoms. The highest BCUT2D eigenvalue weighted by molar-refractivity contribution is 5.98. The summed E-state index contributed by atoms with van der Waals surface area (Å²) in [6.45, 7) is 3.39. The van der Waals surface area contributed by atoms with Crippen molar-refractivity contribution in [3.05, 3.63) is 29.6 Å². The van der Waals surface area contributed by atoms with Gasteiger partial charge in [-0.1, -0.05) is 13.0 Å². The Kier molecular flexibility index (Phi) is 7.11. The molecular formula is C25H33FN2O4. The molecule has 2 saturated heterocycles. The molecule has 0 radical (unpaired) electrons. The first-order valence-corrected chi connectivity index (χ1v) is 12.0. The summed E-state index contributed by atoms with van der Waals surface area (Å²) < 4.78 is 19.9. The van der Waals surface area contributed by atoms with Gasteiger partial charge in [0.1, 0.15) is 0 Å². The van der Waals surface area contributed by atoms with Crippen molar-refractivity contribution in [3.63, 3.8) is 0 Å². The highest BCUT2D eigenvalue weighted by Gasteiger charge is 2.34. The lowest BCUT2D eigenvalue weighted by molar-refractivity contribution is -0.137. The summed E-state index contributed by atoms with van der Waals surface area (Å²) in [5, 5.41) is 2.38. The van der Waals surface area contributed by atoms with Crippen molar-refractivity contribution < 1.29 is 23.5 Å². The molecule has 6 nitrogen and oxygen atoms in total. The van der Waals surface area contributed by atoms with E-state index in [2.05, 4.69) is 12.2 Å². The van der Waals surface area contributed by atoms with Gasteiger partial charge in [-0.3, -0.25) is 19.7 Å². The van der Waals surface area contributed by atoms with Crippen LogP contribution in [-0.4, -0.2) is 41.8 Å². The van der Waals surface area contributed by atoms with Gasteiger partial charge >= 0.3 is 0 Å². The number of halogens is 1. The van der Waals surface area contributed by atoms with E-state index in [4.69, 9.17) is 4.74 Å². The van der Waals surface area contributed by atoms with Gasteiger partial charge in [0.15, 0.2) is 11.6 Å². The Bertz CT molecular complexity index is 869. The molecule has 3 atom stereocenters. The molecule has 3 amide bonds. The number of nitrogens with one attached hydrogen (secondary N) is 1. The van der Waals surface area contributed by atoms with E-state index < -0.39 is 0 Å². The fraction of sp³-hybridized carbons (Fsp3) is 0.640. The lowest BCUT2D eigenvalue weighted by atomic mass is 9.90. The Morgan fingerprint density at radius 1 is 1.25 bits per heavy atom. The number of carbonyl (C=O) groups excluding carboxylic acids is 3. The number of likely N-dealkylation sites (tertiary alicyclic amines) is 1. The minimum Gasteiger partial charge on any atom is -0.490 e. The normalized spacial score (nSPS) is 24.4. The molecule has 2 aliphatic heterocycles. The van der Waals surface area contributed by atoms with Crippen molar-refractivity contribution in [2.24, 2.45) is 11.8 Å². The van der Waals surface area contributed by atoms with E-state index in [1.807, 2.05) is 4.90 Å². The first-order chi connectivity index (χ1) is 15.4. The van der Waals surface area contributed by atoms with Crippen LogP contribution in [0.4, 0.5) is 4.39 Å². The molecule has 1 aromatic rings. The third-order valence-corrected chi connectivity index (χ3v) is 7.15. The molecule has 0 bridgehead atoms. The van der Waals surface area contributed by atoms with Gasteiger partial charge < -0.3 is 9.64 Å². The number of hydrogen-bond acceptors (Lipinski definition) is 4. The van der Waals surface area contributed by atoms with Gasteiger partial charge in [0.2, 0.25) is 17.7 Å². The van der Waals surface area contributed by atoms with Crippen molar-refractivity contribution >= 4 is 17.7 Å². The Morgan fingerprint density at radius 3 is 2.81 bits per heavy atom. The van der Waals surface area contributed by atoms with Crippen molar-refractivity contribution in [2.75, 3.05) is 13.2 Å². The fourth-order valence-electron chi connectivity index (χ4n) is 4.91. The van der Waals surface area contributed by atoms with E-state index in [9.17, 15) is 18.8 Å². The van der Waals surface area contributed by atoms with Gasteiger partial charge in [0, 0.05) is 37.3 Å². The number of rotatable bonds is 9. The predicted molar refractivity (Wildman–Crippen MR) is 117 cm³/mol. The van der Waals surface area contributed by atoms with Crippen LogP contribution in [-0.2, 0) is 14.4 Å². The number of hydrogen-bond donors (Lipinski definition) is 1. The SMILES string of the molecule is CC(c1ccc(F)c(OCC2CC2)c1)C1CCCN1C(=O)CCCC1CCC(=O)NC1=O. The van der Waals surface area contributed by atoms with E-state index in [-0.39, 0.29) is 41.4 Å². The molecule has 174 valence electrons. The number of benzene rings is 1. The maximum absolute atomic E-state index is 14.2. The van der Waals surface area contributed by atoms with Gasteiger partial charge in [0.05, 0.1) is 6.61 Å². The van der Waals surface area contributed by atoms with E-state index in [0.717, 1.165) is 37.8 Å². The average Bonchev–Trinajstić information content (AvgIpc) is 3.47. The lowest BCUT2D eigenvalue weighted by Crippen LogP contribution is -2.41. The molecule has 3 unspecified atom stereocenters. The Hall–Kier alpha value is -2.44. The van der Waals surface area contributed by atoms with Crippen LogP contribution < -0.4 is 10.1 Å². The second kappa shape index (κ2) is 10.0. The summed E-state index contributed by atoms with van der Waals surface area (Å²) in [4.78, 5) is 38.1. The topological polar surface area (TPSA) is 75.7 Å². The van der Waals surface area contributed by atoms with Gasteiger partial charge in [-0.15, -0.1) is 0 Å².